The number of hydrogen-bond donors (Lipinski definition) is 6. The lowest BCUT2D eigenvalue weighted by Gasteiger charge is -2.20. The van der Waals surface area contributed by atoms with Crippen molar-refractivity contribution in [2.24, 2.45) is 16.5 Å². The number of aliphatic carboxylic acids is 1. The molecule has 0 spiro atoms. The van der Waals surface area contributed by atoms with Crippen LogP contribution in [-0.4, -0.2) is 40.5 Å². The molecule has 2 aromatic carbocycles. The van der Waals surface area contributed by atoms with Gasteiger partial charge in [-0.05, 0) is 46.3 Å². The van der Waals surface area contributed by atoms with Crippen LogP contribution in [0.1, 0.15) is 33.9 Å². The van der Waals surface area contributed by atoms with Gasteiger partial charge in [0.1, 0.15) is 5.75 Å². The normalized spacial score (nSPS) is 11.9. The highest BCUT2D eigenvalue weighted by Crippen LogP contribution is 2.36. The highest BCUT2D eigenvalue weighted by atomic mass is 79.9. The summed E-state index contributed by atoms with van der Waals surface area (Å²) < 4.78 is 40.3. The Morgan fingerprint density at radius 3 is 2.31 bits per heavy atom. The van der Waals surface area contributed by atoms with E-state index in [0.29, 0.717) is 16.6 Å². The van der Waals surface area contributed by atoms with Crippen molar-refractivity contribution in [1.29, 1.82) is 0 Å². The second-order valence-electron chi connectivity index (χ2n) is 7.03. The number of nitrogens with two attached hydrogens (primary N) is 2. The molecular formula is C20H18Br2F3N5O5. The van der Waals surface area contributed by atoms with E-state index < -0.39 is 60.1 Å². The largest absolute Gasteiger partial charge is 0.506 e. The standard InChI is InChI=1S/C20H18Br2F3N5O5/c21-10-4-12(17(34)13(22)5-10)14(6-16(32)33)30-15(31)7-28-18(35)8-1-9(20(23,24)25)3-11(2-8)29-19(26)27/h1-5,14,34H,6-7H2,(H,28,35)(H,30,31)(H,32,33)(H4,26,27,29). The molecule has 0 saturated carbocycles. The molecule has 0 fully saturated rings. The van der Waals surface area contributed by atoms with E-state index in [1.54, 1.807) is 0 Å². The van der Waals surface area contributed by atoms with Crippen LogP contribution in [0.2, 0.25) is 0 Å². The summed E-state index contributed by atoms with van der Waals surface area (Å²) in [5.74, 6) is -4.02. The highest BCUT2D eigenvalue weighted by Gasteiger charge is 2.32. The highest BCUT2D eigenvalue weighted by molar-refractivity contribution is 9.11. The molecule has 0 radical (unpaired) electrons. The van der Waals surface area contributed by atoms with Gasteiger partial charge in [0.2, 0.25) is 5.91 Å². The van der Waals surface area contributed by atoms with Crippen LogP contribution in [0.5, 0.6) is 5.75 Å². The third kappa shape index (κ3) is 8.13. The second-order valence-corrected chi connectivity index (χ2v) is 8.80. The molecule has 2 amide bonds. The molecule has 1 unspecified atom stereocenters. The van der Waals surface area contributed by atoms with Gasteiger partial charge in [-0.1, -0.05) is 15.9 Å². The molecule has 0 bridgehead atoms. The molecule has 10 nitrogen and oxygen atoms in total. The Labute approximate surface area is 212 Å². The molecule has 188 valence electrons. The first-order valence-corrected chi connectivity index (χ1v) is 11.0. The third-order valence-electron chi connectivity index (χ3n) is 4.32. The number of carboxylic acids is 1. The average molecular weight is 625 g/mol. The molecule has 0 saturated heterocycles. The van der Waals surface area contributed by atoms with E-state index in [-0.39, 0.29) is 21.5 Å². The number of aliphatic imine (C=N–C) groups is 1. The van der Waals surface area contributed by atoms with Crippen molar-refractivity contribution < 1.29 is 37.8 Å². The number of amides is 2. The summed E-state index contributed by atoms with van der Waals surface area (Å²) in [7, 11) is 0. The number of alkyl halides is 3. The fraction of sp³-hybridized carbons (Fsp3) is 0.200. The Morgan fingerprint density at radius 2 is 1.74 bits per heavy atom. The van der Waals surface area contributed by atoms with Gasteiger partial charge < -0.3 is 32.3 Å². The molecule has 2 aromatic rings. The van der Waals surface area contributed by atoms with E-state index in [9.17, 15) is 37.8 Å². The Bertz CT molecular complexity index is 1190. The van der Waals surface area contributed by atoms with Gasteiger partial charge in [-0.15, -0.1) is 0 Å². The lowest BCUT2D eigenvalue weighted by molar-refractivity contribution is -0.138. The molecule has 0 aliphatic rings. The predicted molar refractivity (Wildman–Crippen MR) is 126 cm³/mol. The van der Waals surface area contributed by atoms with E-state index in [1.165, 1.54) is 12.1 Å². The van der Waals surface area contributed by atoms with Crippen molar-refractivity contribution in [2.45, 2.75) is 18.6 Å². The maximum Gasteiger partial charge on any atom is 0.416 e. The van der Waals surface area contributed by atoms with E-state index in [4.69, 9.17) is 11.5 Å². The number of rotatable bonds is 8. The van der Waals surface area contributed by atoms with Gasteiger partial charge in [0, 0.05) is 15.6 Å². The van der Waals surface area contributed by atoms with Crippen molar-refractivity contribution in [1.82, 2.24) is 10.6 Å². The smallest absolute Gasteiger partial charge is 0.416 e. The lowest BCUT2D eigenvalue weighted by Crippen LogP contribution is -2.39. The summed E-state index contributed by atoms with van der Waals surface area (Å²) in [4.78, 5) is 39.6. The SMILES string of the molecule is NC(N)=Nc1cc(C(=O)NCC(=O)NC(CC(=O)O)c2cc(Br)cc(Br)c2O)cc(C(F)(F)F)c1. The summed E-state index contributed by atoms with van der Waals surface area (Å²) >= 11 is 6.31. The monoisotopic (exact) mass is 623 g/mol. The van der Waals surface area contributed by atoms with Gasteiger partial charge in [0.05, 0.1) is 34.7 Å². The van der Waals surface area contributed by atoms with Crippen molar-refractivity contribution in [3.05, 3.63) is 56.0 Å². The molecule has 8 N–H and O–H groups in total. The van der Waals surface area contributed by atoms with Gasteiger partial charge in [-0.2, -0.15) is 13.2 Å². The summed E-state index contributed by atoms with van der Waals surface area (Å²) in [5.41, 5.74) is 8.48. The van der Waals surface area contributed by atoms with Crippen molar-refractivity contribution >= 4 is 61.3 Å². The van der Waals surface area contributed by atoms with Crippen LogP contribution in [0.25, 0.3) is 0 Å². The Morgan fingerprint density at radius 1 is 1.09 bits per heavy atom. The maximum absolute atomic E-state index is 13.2. The minimum atomic E-state index is -4.80. The topological polar surface area (TPSA) is 180 Å². The zero-order valence-electron chi connectivity index (χ0n) is 17.5. The van der Waals surface area contributed by atoms with Crippen LogP contribution >= 0.6 is 31.9 Å². The molecule has 2 rings (SSSR count). The average Bonchev–Trinajstić information content (AvgIpc) is 2.72. The summed E-state index contributed by atoms with van der Waals surface area (Å²) in [6.07, 6.45) is -5.41. The Kier molecular flexibility index (Phi) is 9.09. The minimum absolute atomic E-state index is 0.0769. The predicted octanol–water partition coefficient (Wildman–Crippen LogP) is 2.90. The number of halogens is 5. The molecule has 0 heterocycles. The number of carboxylic acid groups (broad SMARTS) is 1. The molecular weight excluding hydrogens is 607 g/mol. The number of aromatic hydroxyl groups is 1. The van der Waals surface area contributed by atoms with Crippen molar-refractivity contribution in [2.75, 3.05) is 6.54 Å². The Hall–Kier alpha value is -3.33. The van der Waals surface area contributed by atoms with E-state index >= 15 is 0 Å². The number of benzene rings is 2. The van der Waals surface area contributed by atoms with Crippen LogP contribution in [-0.2, 0) is 15.8 Å². The minimum Gasteiger partial charge on any atom is -0.506 e. The number of carbonyl (C=O) groups excluding carboxylic acids is 2. The lowest BCUT2D eigenvalue weighted by atomic mass is 10.0. The van der Waals surface area contributed by atoms with Crippen LogP contribution in [0.15, 0.2) is 44.3 Å². The molecule has 15 heteroatoms. The third-order valence-corrected chi connectivity index (χ3v) is 5.38. The van der Waals surface area contributed by atoms with Gasteiger partial charge in [0.25, 0.3) is 5.91 Å². The van der Waals surface area contributed by atoms with Crippen molar-refractivity contribution in [3.63, 3.8) is 0 Å². The summed E-state index contributed by atoms with van der Waals surface area (Å²) in [5, 5.41) is 24.0. The Balaban J connectivity index is 2.21. The fourth-order valence-corrected chi connectivity index (χ4v) is 4.15. The van der Waals surface area contributed by atoms with Crippen LogP contribution in [0.4, 0.5) is 18.9 Å². The van der Waals surface area contributed by atoms with E-state index in [1.807, 2.05) is 0 Å². The van der Waals surface area contributed by atoms with Crippen molar-refractivity contribution in [3.8, 4) is 5.75 Å². The van der Waals surface area contributed by atoms with Gasteiger partial charge in [-0.25, -0.2) is 4.99 Å². The quantitative estimate of drug-likeness (QED) is 0.193. The van der Waals surface area contributed by atoms with Crippen LogP contribution in [0, 0.1) is 0 Å². The number of phenolic OH excluding ortho intramolecular Hbond substituents is 1. The molecule has 0 aliphatic carbocycles. The first-order valence-electron chi connectivity index (χ1n) is 9.46. The van der Waals surface area contributed by atoms with Gasteiger partial charge >= 0.3 is 12.1 Å². The van der Waals surface area contributed by atoms with E-state index in [0.717, 1.165) is 6.07 Å². The van der Waals surface area contributed by atoms with Gasteiger partial charge in [-0.3, -0.25) is 14.4 Å². The van der Waals surface area contributed by atoms with Crippen LogP contribution in [0.3, 0.4) is 0 Å². The fourth-order valence-electron chi connectivity index (χ4n) is 2.89. The first kappa shape index (κ1) is 27.9. The maximum atomic E-state index is 13.2. The number of nitrogens with one attached hydrogen (secondary N) is 2. The number of guanidine groups is 1. The zero-order valence-corrected chi connectivity index (χ0v) is 20.7. The number of phenols is 1. The van der Waals surface area contributed by atoms with Gasteiger partial charge in [0.15, 0.2) is 5.96 Å². The van der Waals surface area contributed by atoms with E-state index in [2.05, 4.69) is 47.5 Å². The second kappa shape index (κ2) is 11.4. The van der Waals surface area contributed by atoms with Crippen LogP contribution < -0.4 is 22.1 Å². The molecule has 35 heavy (non-hydrogen) atoms. The molecule has 1 atom stereocenters. The summed E-state index contributed by atoms with van der Waals surface area (Å²) in [6, 6.07) is 3.91. The number of nitrogens with zero attached hydrogens (tertiary/aromatic N) is 1. The summed E-state index contributed by atoms with van der Waals surface area (Å²) in [6.45, 7) is -0.710. The molecule has 0 aliphatic heterocycles. The number of hydrogen-bond acceptors (Lipinski definition) is 5. The molecule has 0 aromatic heterocycles. The number of carbonyl (C=O) groups is 3. The zero-order chi connectivity index (χ0) is 26.5. The first-order chi connectivity index (χ1) is 16.2.